The number of nitrogens with zero attached hydrogens (tertiary/aromatic N) is 6. The third-order valence-electron chi connectivity index (χ3n) is 5.42. The number of hydrogen-bond donors (Lipinski definition) is 0. The average molecular weight is 392 g/mol. The van der Waals surface area contributed by atoms with Crippen molar-refractivity contribution in [3.05, 3.63) is 54.1 Å². The van der Waals surface area contributed by atoms with Crippen LogP contribution in [-0.4, -0.2) is 39.9 Å². The molecule has 148 valence electrons. The number of nitriles is 1. The van der Waals surface area contributed by atoms with Crippen LogP contribution in [0.5, 0.6) is 5.75 Å². The average Bonchev–Trinajstić information content (AvgIpc) is 3.19. The van der Waals surface area contributed by atoms with Crippen LogP contribution in [0.1, 0.15) is 30.1 Å². The smallest absolute Gasteiger partial charge is 0.212 e. The molecule has 0 spiro atoms. The van der Waals surface area contributed by atoms with Crippen molar-refractivity contribution in [1.82, 2.24) is 19.7 Å². The van der Waals surface area contributed by atoms with E-state index in [1.165, 1.54) is 12.3 Å². The number of rotatable bonds is 4. The molecule has 1 aromatic carbocycles. The Morgan fingerprint density at radius 2 is 2.00 bits per heavy atom. The molecule has 3 heterocycles. The third-order valence-corrected chi connectivity index (χ3v) is 5.42. The molecule has 0 radical (unpaired) electrons. The van der Waals surface area contributed by atoms with Gasteiger partial charge in [0.15, 0.2) is 0 Å². The summed E-state index contributed by atoms with van der Waals surface area (Å²) in [5.41, 5.74) is 2.83. The minimum atomic E-state index is -0.546. The predicted molar refractivity (Wildman–Crippen MR) is 106 cm³/mol. The Hall–Kier alpha value is -3.47. The predicted octanol–water partition coefficient (Wildman–Crippen LogP) is 3.28. The first kappa shape index (κ1) is 18.9. The maximum Gasteiger partial charge on any atom is 0.212 e. The van der Waals surface area contributed by atoms with Crippen LogP contribution < -0.4 is 9.64 Å². The SMILES string of the molecule is COc1ccc(C#N)c(N2CCC(c3nncn3C)CC2)c1-c1ccc(F)nc1. The van der Waals surface area contributed by atoms with Crippen LogP contribution in [0.2, 0.25) is 0 Å². The van der Waals surface area contributed by atoms with Gasteiger partial charge in [-0.3, -0.25) is 0 Å². The zero-order chi connectivity index (χ0) is 20.4. The monoisotopic (exact) mass is 392 g/mol. The van der Waals surface area contributed by atoms with Crippen molar-refractivity contribution >= 4 is 5.69 Å². The molecule has 1 aliphatic rings. The highest BCUT2D eigenvalue weighted by molar-refractivity contribution is 5.87. The van der Waals surface area contributed by atoms with E-state index in [2.05, 4.69) is 26.2 Å². The minimum absolute atomic E-state index is 0.325. The molecule has 1 saturated heterocycles. The van der Waals surface area contributed by atoms with Crippen molar-refractivity contribution in [2.75, 3.05) is 25.1 Å². The summed E-state index contributed by atoms with van der Waals surface area (Å²) in [5.74, 6) is 1.39. The Balaban J connectivity index is 1.72. The molecular formula is C21H21FN6O. The van der Waals surface area contributed by atoms with Crippen LogP contribution in [0.4, 0.5) is 10.1 Å². The Labute approximate surface area is 168 Å². The maximum absolute atomic E-state index is 13.4. The van der Waals surface area contributed by atoms with Gasteiger partial charge >= 0.3 is 0 Å². The Morgan fingerprint density at radius 3 is 2.59 bits per heavy atom. The van der Waals surface area contributed by atoms with E-state index < -0.39 is 5.95 Å². The lowest BCUT2D eigenvalue weighted by Gasteiger charge is -2.35. The molecule has 0 atom stereocenters. The van der Waals surface area contributed by atoms with E-state index in [-0.39, 0.29) is 0 Å². The maximum atomic E-state index is 13.4. The van der Waals surface area contributed by atoms with Crippen molar-refractivity contribution < 1.29 is 9.13 Å². The summed E-state index contributed by atoms with van der Waals surface area (Å²) in [4.78, 5) is 5.99. The van der Waals surface area contributed by atoms with E-state index >= 15 is 0 Å². The number of anilines is 1. The van der Waals surface area contributed by atoms with Gasteiger partial charge in [0.1, 0.15) is 24.0 Å². The lowest BCUT2D eigenvalue weighted by molar-refractivity contribution is 0.416. The van der Waals surface area contributed by atoms with Crippen LogP contribution in [0, 0.1) is 17.3 Å². The molecule has 8 heteroatoms. The van der Waals surface area contributed by atoms with Gasteiger partial charge in [0, 0.05) is 37.8 Å². The molecule has 7 nitrogen and oxygen atoms in total. The lowest BCUT2D eigenvalue weighted by Crippen LogP contribution is -2.34. The summed E-state index contributed by atoms with van der Waals surface area (Å²) in [7, 11) is 3.54. The summed E-state index contributed by atoms with van der Waals surface area (Å²) >= 11 is 0. The summed E-state index contributed by atoms with van der Waals surface area (Å²) in [5, 5.41) is 18.0. The molecule has 3 aromatic rings. The van der Waals surface area contributed by atoms with Gasteiger partial charge in [0.2, 0.25) is 5.95 Å². The molecule has 1 aliphatic heterocycles. The topological polar surface area (TPSA) is 79.9 Å². The second-order valence-electron chi connectivity index (χ2n) is 7.08. The summed E-state index contributed by atoms with van der Waals surface area (Å²) in [6, 6.07) is 8.81. The summed E-state index contributed by atoms with van der Waals surface area (Å²) in [6.07, 6.45) is 4.99. The van der Waals surface area contributed by atoms with Crippen LogP contribution in [0.25, 0.3) is 11.1 Å². The van der Waals surface area contributed by atoms with Crippen LogP contribution >= 0.6 is 0 Å². The van der Waals surface area contributed by atoms with E-state index in [0.717, 1.165) is 43.0 Å². The second kappa shape index (κ2) is 7.87. The number of hydrogen-bond acceptors (Lipinski definition) is 6. The van der Waals surface area contributed by atoms with Crippen LogP contribution in [0.3, 0.4) is 0 Å². The van der Waals surface area contributed by atoms with E-state index in [1.807, 2.05) is 11.6 Å². The van der Waals surface area contributed by atoms with Gasteiger partial charge in [0.25, 0.3) is 0 Å². The zero-order valence-electron chi connectivity index (χ0n) is 16.3. The number of aromatic nitrogens is 4. The molecule has 0 amide bonds. The van der Waals surface area contributed by atoms with Gasteiger partial charge in [0.05, 0.1) is 23.9 Å². The largest absolute Gasteiger partial charge is 0.496 e. The second-order valence-corrected chi connectivity index (χ2v) is 7.08. The zero-order valence-corrected chi connectivity index (χ0v) is 16.3. The van der Waals surface area contributed by atoms with Gasteiger partial charge in [-0.25, -0.2) is 4.98 Å². The van der Waals surface area contributed by atoms with Gasteiger partial charge in [-0.1, -0.05) is 0 Å². The fourth-order valence-corrected chi connectivity index (χ4v) is 3.99. The molecule has 0 N–H and O–H groups in total. The van der Waals surface area contributed by atoms with E-state index in [0.29, 0.717) is 22.8 Å². The fourth-order valence-electron chi connectivity index (χ4n) is 3.99. The highest BCUT2D eigenvalue weighted by Gasteiger charge is 2.28. The molecule has 4 rings (SSSR count). The molecule has 1 fully saturated rings. The van der Waals surface area contributed by atoms with Crippen molar-refractivity contribution in [2.24, 2.45) is 7.05 Å². The van der Waals surface area contributed by atoms with Gasteiger partial charge in [-0.05, 0) is 37.1 Å². The Bertz CT molecular complexity index is 1050. The normalized spacial score (nSPS) is 14.6. The van der Waals surface area contributed by atoms with E-state index in [4.69, 9.17) is 4.74 Å². The number of benzene rings is 1. The minimum Gasteiger partial charge on any atom is -0.496 e. The van der Waals surface area contributed by atoms with Crippen LogP contribution in [-0.2, 0) is 7.05 Å². The standard InChI is InChI=1S/C21H21FN6O/c1-27-13-25-26-21(27)14-7-9-28(10-8-14)20-15(11-23)3-5-17(29-2)19(20)16-4-6-18(22)24-12-16/h3-6,12-14H,7-10H2,1-2H3. The lowest BCUT2D eigenvalue weighted by atomic mass is 9.93. The Morgan fingerprint density at radius 1 is 1.21 bits per heavy atom. The molecule has 0 bridgehead atoms. The number of pyridine rings is 1. The molecule has 2 aromatic heterocycles. The van der Waals surface area contributed by atoms with Gasteiger partial charge in [-0.15, -0.1) is 10.2 Å². The number of ether oxygens (including phenoxy) is 1. The third kappa shape index (κ3) is 3.51. The molecule has 0 unspecified atom stereocenters. The van der Waals surface area contributed by atoms with Gasteiger partial charge in [-0.2, -0.15) is 9.65 Å². The summed E-state index contributed by atoms with van der Waals surface area (Å²) in [6.45, 7) is 1.53. The highest BCUT2D eigenvalue weighted by atomic mass is 19.1. The molecule has 0 saturated carbocycles. The Kier molecular flexibility index (Phi) is 5.12. The fraction of sp³-hybridized carbons (Fsp3) is 0.333. The van der Waals surface area contributed by atoms with E-state index in [1.54, 1.807) is 31.6 Å². The van der Waals surface area contributed by atoms with Crippen molar-refractivity contribution in [1.29, 1.82) is 5.26 Å². The molecule has 0 aliphatic carbocycles. The summed E-state index contributed by atoms with van der Waals surface area (Å²) < 4.78 is 20.9. The van der Waals surface area contributed by atoms with Crippen molar-refractivity contribution in [2.45, 2.75) is 18.8 Å². The van der Waals surface area contributed by atoms with E-state index in [9.17, 15) is 9.65 Å². The first-order valence-corrected chi connectivity index (χ1v) is 9.44. The number of halogens is 1. The first-order chi connectivity index (χ1) is 14.1. The molecular weight excluding hydrogens is 371 g/mol. The van der Waals surface area contributed by atoms with Gasteiger partial charge < -0.3 is 14.2 Å². The quantitative estimate of drug-likeness (QED) is 0.634. The molecule has 29 heavy (non-hydrogen) atoms. The van der Waals surface area contributed by atoms with Crippen molar-refractivity contribution in [3.8, 4) is 22.9 Å². The number of aryl methyl sites for hydroxylation is 1. The van der Waals surface area contributed by atoms with Crippen molar-refractivity contribution in [3.63, 3.8) is 0 Å². The van der Waals surface area contributed by atoms with Crippen LogP contribution in [0.15, 0.2) is 36.8 Å². The number of piperidine rings is 1. The first-order valence-electron chi connectivity index (χ1n) is 9.44. The highest BCUT2D eigenvalue weighted by Crippen LogP contribution is 2.42. The number of methoxy groups -OCH3 is 1.